The predicted molar refractivity (Wildman–Crippen MR) is 114 cm³/mol. The van der Waals surface area contributed by atoms with Gasteiger partial charge in [-0.2, -0.15) is 0 Å². The van der Waals surface area contributed by atoms with Gasteiger partial charge in [0, 0.05) is 44.6 Å². The highest BCUT2D eigenvalue weighted by atomic mass is 19.4. The summed E-state index contributed by atoms with van der Waals surface area (Å²) >= 11 is 0. The van der Waals surface area contributed by atoms with Crippen molar-refractivity contribution in [3.8, 4) is 17.4 Å². The monoisotopic (exact) mass is 478 g/mol. The normalized spacial score (nSPS) is 22.9. The van der Waals surface area contributed by atoms with Crippen molar-refractivity contribution in [2.24, 2.45) is 0 Å². The molecule has 2 aliphatic heterocycles. The molecule has 3 heterocycles. The third-order valence-corrected chi connectivity index (χ3v) is 6.28. The Morgan fingerprint density at radius 3 is 2.47 bits per heavy atom. The molecule has 34 heavy (non-hydrogen) atoms. The molecule has 8 nitrogen and oxygen atoms in total. The Balaban J connectivity index is 1.08. The van der Waals surface area contributed by atoms with Gasteiger partial charge in [-0.1, -0.05) is 0 Å². The zero-order valence-corrected chi connectivity index (χ0v) is 18.4. The lowest BCUT2D eigenvalue weighted by atomic mass is 10.1. The lowest BCUT2D eigenvalue weighted by Crippen LogP contribution is -2.53. The summed E-state index contributed by atoms with van der Waals surface area (Å²) in [4.78, 5) is 25.6. The number of carbonyl (C=O) groups excluding carboxylic acids is 1. The molecule has 2 saturated heterocycles. The Morgan fingerprint density at radius 1 is 1.03 bits per heavy atom. The maximum absolute atomic E-state index is 12.6. The first kappa shape index (κ1) is 22.7. The first-order chi connectivity index (χ1) is 16.3. The third-order valence-electron chi connectivity index (χ3n) is 6.28. The first-order valence-corrected chi connectivity index (χ1v) is 11.3. The minimum absolute atomic E-state index is 0.00481. The zero-order chi connectivity index (χ0) is 23.7. The molecular weight excluding hydrogens is 453 g/mol. The Hall–Kier alpha value is -3.08. The lowest BCUT2D eigenvalue weighted by molar-refractivity contribution is -0.274. The largest absolute Gasteiger partial charge is 0.573 e. The fraction of sp³-hybridized carbons (Fsp3) is 0.522. The number of nitrogens with zero attached hydrogens (tertiary/aromatic N) is 4. The van der Waals surface area contributed by atoms with Crippen LogP contribution in [-0.2, 0) is 4.79 Å². The van der Waals surface area contributed by atoms with Gasteiger partial charge in [0.1, 0.15) is 17.6 Å². The van der Waals surface area contributed by atoms with Crippen molar-refractivity contribution in [1.29, 1.82) is 0 Å². The van der Waals surface area contributed by atoms with Crippen molar-refractivity contribution in [3.05, 3.63) is 42.4 Å². The van der Waals surface area contributed by atoms with Crippen LogP contribution in [0.5, 0.6) is 17.4 Å². The number of hydrogen-bond acceptors (Lipinski definition) is 7. The van der Waals surface area contributed by atoms with Gasteiger partial charge in [-0.25, -0.2) is 4.98 Å². The van der Waals surface area contributed by atoms with Crippen LogP contribution in [0.2, 0.25) is 0 Å². The Labute approximate surface area is 194 Å². The highest BCUT2D eigenvalue weighted by molar-refractivity contribution is 5.78. The molecule has 182 valence electrons. The van der Waals surface area contributed by atoms with Crippen LogP contribution in [0.3, 0.4) is 0 Å². The molecule has 3 fully saturated rings. The predicted octanol–water partition coefficient (Wildman–Crippen LogP) is 3.00. The summed E-state index contributed by atoms with van der Waals surface area (Å²) < 4.78 is 52.1. The highest BCUT2D eigenvalue weighted by Crippen LogP contribution is 2.38. The Morgan fingerprint density at radius 2 is 1.79 bits per heavy atom. The molecule has 0 bridgehead atoms. The van der Waals surface area contributed by atoms with Gasteiger partial charge in [-0.05, 0) is 37.1 Å². The SMILES string of the molecule is O=C(COc1ccc(OC(F)(F)F)cc1)N1CCN2C[C@H](Oc3cnc(C4CC4)cn3)C[C@H]2C1. The molecule has 0 unspecified atom stereocenters. The molecule has 0 radical (unpaired) electrons. The topological polar surface area (TPSA) is 77.0 Å². The van der Waals surface area contributed by atoms with E-state index in [1.807, 2.05) is 0 Å². The molecular formula is C23H25F3N4O4. The standard InChI is InChI=1S/C23H25F3N4O4/c24-23(25,26)34-18-5-3-17(4-6-18)32-14-22(31)30-8-7-29-13-19(9-16(29)12-30)33-21-11-27-20(10-28-21)15-1-2-15/h3-6,10-11,15-16,19H,1-2,7-9,12-14H2/t16-,19+/m0/s1. The second-order valence-electron chi connectivity index (χ2n) is 8.83. The van der Waals surface area contributed by atoms with Crippen molar-refractivity contribution in [2.45, 2.75) is 43.7 Å². The maximum Gasteiger partial charge on any atom is 0.573 e. The van der Waals surface area contributed by atoms with Crippen LogP contribution in [0.25, 0.3) is 0 Å². The van der Waals surface area contributed by atoms with E-state index >= 15 is 0 Å². The summed E-state index contributed by atoms with van der Waals surface area (Å²) in [6.45, 7) is 2.50. The summed E-state index contributed by atoms with van der Waals surface area (Å²) in [5.74, 6) is 0.871. The number of aromatic nitrogens is 2. The van der Waals surface area contributed by atoms with Crippen molar-refractivity contribution in [1.82, 2.24) is 19.8 Å². The van der Waals surface area contributed by atoms with Gasteiger partial charge >= 0.3 is 6.36 Å². The van der Waals surface area contributed by atoms with E-state index in [4.69, 9.17) is 9.47 Å². The Bertz CT molecular complexity index is 999. The molecule has 1 amide bonds. The van der Waals surface area contributed by atoms with Crippen LogP contribution >= 0.6 is 0 Å². The van der Waals surface area contributed by atoms with E-state index in [1.165, 1.54) is 25.0 Å². The van der Waals surface area contributed by atoms with E-state index in [2.05, 4.69) is 19.6 Å². The minimum atomic E-state index is -4.75. The third kappa shape index (κ3) is 5.69. The quantitative estimate of drug-likeness (QED) is 0.606. The smallest absolute Gasteiger partial charge is 0.484 e. The van der Waals surface area contributed by atoms with Gasteiger partial charge in [-0.15, -0.1) is 13.2 Å². The summed E-state index contributed by atoms with van der Waals surface area (Å²) in [5, 5.41) is 0. The fourth-order valence-corrected chi connectivity index (χ4v) is 4.43. The van der Waals surface area contributed by atoms with Crippen LogP contribution in [0.1, 0.15) is 30.9 Å². The van der Waals surface area contributed by atoms with Crippen LogP contribution in [-0.4, -0.2) is 77.0 Å². The highest BCUT2D eigenvalue weighted by Gasteiger charge is 2.38. The summed E-state index contributed by atoms with van der Waals surface area (Å²) in [7, 11) is 0. The van der Waals surface area contributed by atoms with Crippen LogP contribution < -0.4 is 14.2 Å². The van der Waals surface area contributed by atoms with Crippen LogP contribution in [0.15, 0.2) is 36.7 Å². The number of rotatable bonds is 7. The second-order valence-corrected chi connectivity index (χ2v) is 8.83. The van der Waals surface area contributed by atoms with E-state index in [0.29, 0.717) is 30.6 Å². The van der Waals surface area contributed by atoms with Gasteiger partial charge in [0.15, 0.2) is 6.61 Å². The number of alkyl halides is 3. The molecule has 11 heteroatoms. The average Bonchev–Trinajstić information content (AvgIpc) is 3.57. The molecule has 1 aliphatic carbocycles. The molecule has 1 aromatic heterocycles. The number of hydrogen-bond donors (Lipinski definition) is 0. The lowest BCUT2D eigenvalue weighted by Gasteiger charge is -2.37. The van der Waals surface area contributed by atoms with Crippen LogP contribution in [0, 0.1) is 0 Å². The zero-order valence-electron chi connectivity index (χ0n) is 18.4. The molecule has 2 aromatic rings. The number of carbonyl (C=O) groups is 1. The van der Waals surface area contributed by atoms with Gasteiger partial charge < -0.3 is 19.1 Å². The molecule has 3 aliphatic rings. The van der Waals surface area contributed by atoms with Gasteiger partial charge in [0.2, 0.25) is 5.88 Å². The molecule has 0 spiro atoms. The van der Waals surface area contributed by atoms with E-state index in [0.717, 1.165) is 37.3 Å². The van der Waals surface area contributed by atoms with Gasteiger partial charge in [-0.3, -0.25) is 14.7 Å². The number of fused-ring (bicyclic) bond motifs is 1. The van der Waals surface area contributed by atoms with E-state index in [9.17, 15) is 18.0 Å². The number of halogens is 3. The molecule has 0 N–H and O–H groups in total. The number of piperazine rings is 1. The van der Waals surface area contributed by atoms with Crippen molar-refractivity contribution in [3.63, 3.8) is 0 Å². The summed E-state index contributed by atoms with van der Waals surface area (Å²) in [6, 6.07) is 5.17. The van der Waals surface area contributed by atoms with E-state index < -0.39 is 6.36 Å². The second kappa shape index (κ2) is 9.28. The Kier molecular flexibility index (Phi) is 6.20. The number of amides is 1. The maximum atomic E-state index is 12.6. The van der Waals surface area contributed by atoms with E-state index in [-0.39, 0.29) is 30.4 Å². The number of benzene rings is 1. The first-order valence-electron chi connectivity index (χ1n) is 11.3. The van der Waals surface area contributed by atoms with E-state index in [1.54, 1.807) is 17.3 Å². The summed E-state index contributed by atoms with van der Waals surface area (Å²) in [5.41, 5.74) is 1.03. The van der Waals surface area contributed by atoms with Crippen molar-refractivity contribution in [2.75, 3.05) is 32.8 Å². The van der Waals surface area contributed by atoms with Gasteiger partial charge in [0.05, 0.1) is 18.1 Å². The fourth-order valence-electron chi connectivity index (χ4n) is 4.43. The van der Waals surface area contributed by atoms with Crippen molar-refractivity contribution >= 4 is 5.91 Å². The number of ether oxygens (including phenoxy) is 3. The van der Waals surface area contributed by atoms with Crippen molar-refractivity contribution < 1.29 is 32.2 Å². The average molecular weight is 478 g/mol. The minimum Gasteiger partial charge on any atom is -0.484 e. The molecule has 2 atom stereocenters. The van der Waals surface area contributed by atoms with Crippen LogP contribution in [0.4, 0.5) is 13.2 Å². The molecule has 1 aromatic carbocycles. The van der Waals surface area contributed by atoms with Gasteiger partial charge in [0.25, 0.3) is 5.91 Å². The molecule has 1 saturated carbocycles. The summed E-state index contributed by atoms with van der Waals surface area (Å²) in [6.07, 6.45) is 1.88. The molecule has 5 rings (SSSR count).